The molecule has 1 saturated carbocycles. The summed E-state index contributed by atoms with van der Waals surface area (Å²) in [5.74, 6) is -1.99. The minimum atomic E-state index is -2.67. The molecule has 2 unspecified atom stereocenters. The number of rotatable bonds is 8. The SMILES string of the molecule is CC(F)(C(N)=O)S(=O)C1(CN2CCn3c(cnc3C(=O)NCc3ccc(Cl)cc3)C2=O)CC1. The molecule has 1 aromatic heterocycles. The number of hydrogen-bond donors (Lipinski definition) is 2. The maximum Gasteiger partial charge on any atom is 0.287 e. The fourth-order valence-electron chi connectivity index (χ4n) is 3.84. The van der Waals surface area contributed by atoms with Gasteiger partial charge < -0.3 is 20.5 Å². The lowest BCUT2D eigenvalue weighted by molar-refractivity contribution is -0.123. The van der Waals surface area contributed by atoms with Gasteiger partial charge in [-0.05, 0) is 37.5 Å². The number of primary amides is 1. The van der Waals surface area contributed by atoms with Crippen LogP contribution in [0.4, 0.5) is 4.39 Å². The molecule has 2 aromatic rings. The molecule has 3 N–H and O–H groups in total. The molecule has 0 radical (unpaired) electrons. The maximum absolute atomic E-state index is 14.6. The Morgan fingerprint density at radius 1 is 1.30 bits per heavy atom. The monoisotopic (exact) mass is 495 g/mol. The van der Waals surface area contributed by atoms with Gasteiger partial charge in [0.15, 0.2) is 5.82 Å². The van der Waals surface area contributed by atoms with Crippen molar-refractivity contribution in [2.24, 2.45) is 5.73 Å². The summed E-state index contributed by atoms with van der Waals surface area (Å²) in [6.07, 6.45) is 2.17. The topological polar surface area (TPSA) is 127 Å². The Labute approximate surface area is 196 Å². The molecule has 9 nitrogen and oxygen atoms in total. The summed E-state index contributed by atoms with van der Waals surface area (Å²) in [7, 11) is -2.19. The maximum atomic E-state index is 14.6. The van der Waals surface area contributed by atoms with Crippen LogP contribution < -0.4 is 11.1 Å². The summed E-state index contributed by atoms with van der Waals surface area (Å²) in [5.41, 5.74) is 6.16. The minimum absolute atomic E-state index is 0.0362. The van der Waals surface area contributed by atoms with Gasteiger partial charge >= 0.3 is 0 Å². The van der Waals surface area contributed by atoms with Crippen LogP contribution in [0.15, 0.2) is 30.5 Å². The number of fused-ring (bicyclic) bond motifs is 1. The van der Waals surface area contributed by atoms with Gasteiger partial charge in [0.25, 0.3) is 22.7 Å². The predicted octanol–water partition coefficient (Wildman–Crippen LogP) is 1.37. The van der Waals surface area contributed by atoms with Crippen molar-refractivity contribution in [3.8, 4) is 0 Å². The lowest BCUT2D eigenvalue weighted by Gasteiger charge is -2.33. The Morgan fingerprint density at radius 3 is 2.58 bits per heavy atom. The third kappa shape index (κ3) is 4.39. The van der Waals surface area contributed by atoms with Crippen LogP contribution in [0.25, 0.3) is 0 Å². The third-order valence-electron chi connectivity index (χ3n) is 5.99. The second-order valence-corrected chi connectivity index (χ2v) is 11.0. The summed E-state index contributed by atoms with van der Waals surface area (Å²) in [6, 6.07) is 7.04. The van der Waals surface area contributed by atoms with Gasteiger partial charge in [-0.3, -0.25) is 18.6 Å². The van der Waals surface area contributed by atoms with Gasteiger partial charge in [-0.15, -0.1) is 0 Å². The van der Waals surface area contributed by atoms with Crippen LogP contribution in [0, 0.1) is 0 Å². The zero-order chi connectivity index (χ0) is 24.0. The first-order valence-corrected chi connectivity index (χ1v) is 11.9. The molecular weight excluding hydrogens is 473 g/mol. The van der Waals surface area contributed by atoms with Crippen LogP contribution in [0.2, 0.25) is 5.02 Å². The number of nitrogens with one attached hydrogen (secondary N) is 1. The molecule has 3 amide bonds. The van der Waals surface area contributed by atoms with Gasteiger partial charge in [-0.1, -0.05) is 23.7 Å². The Bertz CT molecular complexity index is 1150. The van der Waals surface area contributed by atoms with Gasteiger partial charge in [-0.2, -0.15) is 0 Å². The van der Waals surface area contributed by atoms with Crippen LogP contribution in [0.3, 0.4) is 0 Å². The lowest BCUT2D eigenvalue weighted by atomic mass is 10.2. The van der Waals surface area contributed by atoms with Crippen LogP contribution >= 0.6 is 11.6 Å². The number of carbonyl (C=O) groups excluding carboxylic acids is 3. The van der Waals surface area contributed by atoms with E-state index in [0.717, 1.165) is 12.5 Å². The van der Waals surface area contributed by atoms with E-state index in [1.165, 1.54) is 15.7 Å². The Kier molecular flexibility index (Phi) is 6.04. The van der Waals surface area contributed by atoms with E-state index in [1.54, 1.807) is 24.3 Å². The smallest absolute Gasteiger partial charge is 0.287 e. The molecule has 0 spiro atoms. The molecule has 0 bridgehead atoms. The minimum Gasteiger partial charge on any atom is -0.366 e. The fourth-order valence-corrected chi connectivity index (χ4v) is 5.71. The van der Waals surface area contributed by atoms with Crippen LogP contribution in [-0.2, 0) is 28.7 Å². The van der Waals surface area contributed by atoms with Crippen LogP contribution in [0.1, 0.15) is 46.4 Å². The van der Waals surface area contributed by atoms with Gasteiger partial charge in [0.1, 0.15) is 5.69 Å². The van der Waals surface area contributed by atoms with Crippen molar-refractivity contribution < 1.29 is 23.0 Å². The number of nitrogens with zero attached hydrogens (tertiary/aromatic N) is 3. The lowest BCUT2D eigenvalue weighted by Crippen LogP contribution is -2.51. The number of aromatic nitrogens is 2. The van der Waals surface area contributed by atoms with Gasteiger partial charge in [-0.25, -0.2) is 9.37 Å². The quantitative estimate of drug-likeness (QED) is 0.571. The van der Waals surface area contributed by atoms with E-state index in [0.29, 0.717) is 24.4 Å². The largest absolute Gasteiger partial charge is 0.366 e. The van der Waals surface area contributed by atoms with E-state index < -0.39 is 38.3 Å². The van der Waals surface area contributed by atoms with E-state index in [1.807, 2.05) is 0 Å². The summed E-state index contributed by atoms with van der Waals surface area (Å²) in [5, 5.41) is 0.693. The molecule has 2 heterocycles. The second-order valence-electron chi connectivity index (χ2n) is 8.39. The number of hydrogen-bond acceptors (Lipinski definition) is 5. The molecule has 12 heteroatoms. The molecule has 33 heavy (non-hydrogen) atoms. The molecule has 2 aliphatic rings. The zero-order valence-electron chi connectivity index (χ0n) is 17.8. The normalized spacial score (nSPS) is 19.4. The van der Waals surface area contributed by atoms with E-state index >= 15 is 0 Å². The summed E-state index contributed by atoms with van der Waals surface area (Å²) in [6.45, 7) is 1.75. The van der Waals surface area contributed by atoms with Crippen LogP contribution in [-0.4, -0.2) is 59.2 Å². The fraction of sp³-hybridized carbons (Fsp3) is 0.429. The van der Waals surface area contributed by atoms with E-state index in [4.69, 9.17) is 17.3 Å². The number of benzene rings is 1. The Balaban J connectivity index is 1.44. The van der Waals surface area contributed by atoms with Gasteiger partial charge in [0, 0.05) is 31.2 Å². The molecule has 1 aromatic carbocycles. The van der Waals surface area contributed by atoms with E-state index in [2.05, 4.69) is 10.3 Å². The average Bonchev–Trinajstić information content (AvgIpc) is 3.43. The van der Waals surface area contributed by atoms with Crippen molar-refractivity contribution in [2.75, 3.05) is 13.1 Å². The summed E-state index contributed by atoms with van der Waals surface area (Å²) >= 11 is 5.87. The number of carbonyl (C=O) groups is 3. The van der Waals surface area contributed by atoms with E-state index in [9.17, 15) is 23.0 Å². The highest BCUT2D eigenvalue weighted by atomic mass is 35.5. The first kappa shape index (κ1) is 23.4. The average molecular weight is 496 g/mol. The highest BCUT2D eigenvalue weighted by Gasteiger charge is 2.58. The van der Waals surface area contributed by atoms with Gasteiger partial charge in [0.2, 0.25) is 0 Å². The third-order valence-corrected chi connectivity index (χ3v) is 8.47. The molecule has 4 rings (SSSR count). The highest BCUT2D eigenvalue weighted by Crippen LogP contribution is 2.47. The van der Waals surface area contributed by atoms with Gasteiger partial charge in [0.05, 0.1) is 21.7 Å². The van der Waals surface area contributed by atoms with Crippen molar-refractivity contribution in [1.29, 1.82) is 0 Å². The van der Waals surface area contributed by atoms with Crippen molar-refractivity contribution in [3.05, 3.63) is 52.6 Å². The number of amides is 3. The number of alkyl halides is 1. The molecule has 176 valence electrons. The summed E-state index contributed by atoms with van der Waals surface area (Å²) < 4.78 is 27.9. The van der Waals surface area contributed by atoms with Crippen molar-refractivity contribution in [2.45, 2.75) is 42.6 Å². The second kappa shape index (κ2) is 8.53. The molecular formula is C21H23ClFN5O4S. The molecule has 0 saturated heterocycles. The predicted molar refractivity (Wildman–Crippen MR) is 120 cm³/mol. The van der Waals surface area contributed by atoms with Crippen molar-refractivity contribution in [3.63, 3.8) is 0 Å². The Hall–Kier alpha value is -2.79. The first-order valence-electron chi connectivity index (χ1n) is 10.3. The summed E-state index contributed by atoms with van der Waals surface area (Å²) in [4.78, 5) is 42.6. The molecule has 1 aliphatic carbocycles. The zero-order valence-corrected chi connectivity index (χ0v) is 19.4. The number of nitrogens with two attached hydrogens (primary N) is 1. The standard InChI is InChI=1S/C21H23ClFN5O4S/c1-20(23,19(24)31)33(32)21(6-7-21)12-27-8-9-28-15(18(27)30)11-25-16(28)17(29)26-10-13-2-4-14(22)5-3-13/h2-5,11H,6-10,12H2,1H3,(H2,24,31)(H,26,29). The highest BCUT2D eigenvalue weighted by molar-refractivity contribution is 7.88. The first-order chi connectivity index (χ1) is 15.5. The van der Waals surface area contributed by atoms with Crippen LogP contribution in [0.5, 0.6) is 0 Å². The van der Waals surface area contributed by atoms with E-state index in [-0.39, 0.29) is 31.2 Å². The van der Waals surface area contributed by atoms with Crippen molar-refractivity contribution in [1.82, 2.24) is 19.8 Å². The number of halogens is 2. The number of imidazole rings is 1. The molecule has 1 fully saturated rings. The van der Waals surface area contributed by atoms with Crippen molar-refractivity contribution >= 4 is 40.1 Å². The molecule has 1 aliphatic heterocycles. The molecule has 2 atom stereocenters. The Morgan fingerprint density at radius 2 is 1.97 bits per heavy atom.